The largest absolute Gasteiger partial charge is 0.378 e. The fraction of sp³-hybridized carbons (Fsp3) is 0.400. The average Bonchev–Trinajstić information content (AvgIpc) is 3.27. The maximum Gasteiger partial charge on any atom is 0.261 e. The smallest absolute Gasteiger partial charge is 0.261 e. The van der Waals surface area contributed by atoms with Gasteiger partial charge in [-0.2, -0.15) is 0 Å². The number of benzene rings is 2. The highest BCUT2D eigenvalue weighted by atomic mass is 32.1. The molecule has 2 aliphatic heterocycles. The normalized spacial score (nSPS) is 17.7. The van der Waals surface area contributed by atoms with Gasteiger partial charge >= 0.3 is 0 Å². The fourth-order valence-corrected chi connectivity index (χ4v) is 5.44. The van der Waals surface area contributed by atoms with Crippen molar-refractivity contribution in [2.75, 3.05) is 50.8 Å². The molecule has 1 amide bonds. The molecule has 31 heavy (non-hydrogen) atoms. The quantitative estimate of drug-likeness (QED) is 0.633. The molecule has 2 fully saturated rings. The van der Waals surface area contributed by atoms with Crippen molar-refractivity contribution in [2.24, 2.45) is 5.92 Å². The van der Waals surface area contributed by atoms with Crippen molar-refractivity contribution in [3.8, 4) is 11.1 Å². The summed E-state index contributed by atoms with van der Waals surface area (Å²) in [5.41, 5.74) is 3.63. The zero-order valence-electron chi connectivity index (χ0n) is 17.7. The van der Waals surface area contributed by atoms with Crippen LogP contribution in [0.2, 0.25) is 0 Å². The van der Waals surface area contributed by atoms with Crippen molar-refractivity contribution in [1.82, 2.24) is 10.6 Å². The highest BCUT2D eigenvalue weighted by Gasteiger charge is 2.16. The van der Waals surface area contributed by atoms with E-state index in [4.69, 9.17) is 4.74 Å². The van der Waals surface area contributed by atoms with E-state index >= 15 is 0 Å². The van der Waals surface area contributed by atoms with Crippen LogP contribution in [0.3, 0.4) is 0 Å². The first-order valence-electron chi connectivity index (χ1n) is 11.2. The molecule has 2 saturated heterocycles. The van der Waals surface area contributed by atoms with Gasteiger partial charge in [0.15, 0.2) is 0 Å². The monoisotopic (exact) mass is 435 g/mol. The Morgan fingerprint density at radius 1 is 1.03 bits per heavy atom. The lowest BCUT2D eigenvalue weighted by molar-refractivity contribution is 0.0948. The Bertz CT molecular complexity index is 1030. The van der Waals surface area contributed by atoms with Gasteiger partial charge in [0.05, 0.1) is 18.1 Å². The van der Waals surface area contributed by atoms with Crippen LogP contribution in [0, 0.1) is 5.92 Å². The number of carbonyl (C=O) groups is 1. The van der Waals surface area contributed by atoms with Crippen molar-refractivity contribution >= 4 is 33.0 Å². The number of ether oxygens (including phenoxy) is 1. The number of fused-ring (bicyclic) bond motifs is 1. The summed E-state index contributed by atoms with van der Waals surface area (Å²) in [7, 11) is 0. The molecule has 1 aromatic heterocycles. The first-order valence-corrected chi connectivity index (χ1v) is 12.0. The molecule has 6 heteroatoms. The van der Waals surface area contributed by atoms with Crippen molar-refractivity contribution < 1.29 is 9.53 Å². The van der Waals surface area contributed by atoms with E-state index in [1.54, 1.807) is 11.3 Å². The number of nitrogens with zero attached hydrogens (tertiary/aromatic N) is 1. The van der Waals surface area contributed by atoms with Crippen molar-refractivity contribution in [1.29, 1.82) is 0 Å². The molecule has 5 rings (SSSR count). The lowest BCUT2D eigenvalue weighted by atomic mass is 9.98. The molecule has 2 aromatic carbocycles. The molecule has 0 spiro atoms. The minimum Gasteiger partial charge on any atom is -0.378 e. The molecule has 5 nitrogen and oxygen atoms in total. The Hall–Kier alpha value is -2.41. The number of hydrogen-bond acceptors (Lipinski definition) is 5. The number of thiophene rings is 1. The van der Waals surface area contributed by atoms with Gasteiger partial charge < -0.3 is 20.3 Å². The first-order chi connectivity index (χ1) is 15.3. The van der Waals surface area contributed by atoms with Crippen molar-refractivity contribution in [3.63, 3.8) is 0 Å². The zero-order chi connectivity index (χ0) is 21.0. The second-order valence-corrected chi connectivity index (χ2v) is 9.50. The van der Waals surface area contributed by atoms with E-state index in [0.29, 0.717) is 5.92 Å². The number of carbonyl (C=O) groups excluding carboxylic acids is 1. The summed E-state index contributed by atoms with van der Waals surface area (Å²) in [4.78, 5) is 15.8. The maximum atomic E-state index is 12.7. The van der Waals surface area contributed by atoms with Gasteiger partial charge in [-0.05, 0) is 72.6 Å². The molecule has 0 unspecified atom stereocenters. The van der Waals surface area contributed by atoms with Crippen LogP contribution >= 0.6 is 11.3 Å². The van der Waals surface area contributed by atoms with Gasteiger partial charge in [0.2, 0.25) is 0 Å². The summed E-state index contributed by atoms with van der Waals surface area (Å²) in [6, 6.07) is 17.3. The maximum absolute atomic E-state index is 12.7. The van der Waals surface area contributed by atoms with Crippen LogP contribution in [0.25, 0.3) is 21.2 Å². The van der Waals surface area contributed by atoms with Crippen LogP contribution in [0.4, 0.5) is 5.69 Å². The number of nitrogens with one attached hydrogen (secondary N) is 2. The van der Waals surface area contributed by atoms with Crippen molar-refractivity contribution in [2.45, 2.75) is 12.8 Å². The second kappa shape index (κ2) is 9.39. The third-order valence-corrected chi connectivity index (χ3v) is 7.43. The van der Waals surface area contributed by atoms with E-state index < -0.39 is 0 Å². The van der Waals surface area contributed by atoms with E-state index in [9.17, 15) is 4.79 Å². The molecule has 0 saturated carbocycles. The van der Waals surface area contributed by atoms with E-state index in [1.807, 2.05) is 6.07 Å². The molecule has 2 aliphatic rings. The summed E-state index contributed by atoms with van der Waals surface area (Å²) in [5, 5.41) is 7.65. The van der Waals surface area contributed by atoms with Crippen LogP contribution in [0.15, 0.2) is 48.5 Å². The van der Waals surface area contributed by atoms with E-state index in [2.05, 4.69) is 58.0 Å². The minimum absolute atomic E-state index is 0.0520. The average molecular weight is 436 g/mol. The topological polar surface area (TPSA) is 53.6 Å². The zero-order valence-corrected chi connectivity index (χ0v) is 18.5. The van der Waals surface area contributed by atoms with Gasteiger partial charge in [-0.15, -0.1) is 11.3 Å². The minimum atomic E-state index is 0.0520. The number of amides is 1. The van der Waals surface area contributed by atoms with E-state index in [-0.39, 0.29) is 5.91 Å². The van der Waals surface area contributed by atoms with Gasteiger partial charge in [-0.1, -0.05) is 24.3 Å². The van der Waals surface area contributed by atoms with Gasteiger partial charge in [0.1, 0.15) is 0 Å². The Labute approximate surface area is 187 Å². The standard InChI is InChI=1S/C25H29N3O2S/c29-25(27-17-18-7-9-26-10-8-18)24-16-21-2-1-20(15-23(21)31-24)19-3-5-22(6-4-19)28-11-13-30-14-12-28/h1-6,15-16,18,26H,7-14,17H2,(H,27,29). The van der Waals surface area contributed by atoms with Crippen LogP contribution in [-0.4, -0.2) is 51.8 Å². The third-order valence-electron chi connectivity index (χ3n) is 6.33. The van der Waals surface area contributed by atoms with Crippen LogP contribution in [0.5, 0.6) is 0 Å². The molecular formula is C25H29N3O2S. The number of hydrogen-bond donors (Lipinski definition) is 2. The Morgan fingerprint density at radius 2 is 1.77 bits per heavy atom. The van der Waals surface area contributed by atoms with E-state index in [1.165, 1.54) is 16.8 Å². The second-order valence-electron chi connectivity index (χ2n) is 8.41. The number of piperidine rings is 1. The Kier molecular flexibility index (Phi) is 6.20. The number of rotatable bonds is 5. The highest BCUT2D eigenvalue weighted by molar-refractivity contribution is 7.20. The molecule has 0 radical (unpaired) electrons. The fourth-order valence-electron chi connectivity index (χ4n) is 4.42. The van der Waals surface area contributed by atoms with Crippen LogP contribution in [-0.2, 0) is 4.74 Å². The molecule has 0 atom stereocenters. The Balaban J connectivity index is 1.28. The number of anilines is 1. The van der Waals surface area contributed by atoms with Crippen molar-refractivity contribution in [3.05, 3.63) is 53.4 Å². The molecular weight excluding hydrogens is 406 g/mol. The van der Waals surface area contributed by atoms with Gasteiger partial charge in [0, 0.05) is 30.0 Å². The van der Waals surface area contributed by atoms with Crippen LogP contribution < -0.4 is 15.5 Å². The van der Waals surface area contributed by atoms with E-state index in [0.717, 1.165) is 73.7 Å². The van der Waals surface area contributed by atoms with Gasteiger partial charge in [0.25, 0.3) is 5.91 Å². The molecule has 3 heterocycles. The summed E-state index contributed by atoms with van der Waals surface area (Å²) < 4.78 is 6.60. The summed E-state index contributed by atoms with van der Waals surface area (Å²) >= 11 is 1.58. The highest BCUT2D eigenvalue weighted by Crippen LogP contribution is 2.31. The molecule has 3 aromatic rings. The first kappa shape index (κ1) is 20.5. The van der Waals surface area contributed by atoms with Gasteiger partial charge in [-0.3, -0.25) is 4.79 Å². The predicted octanol–water partition coefficient (Wildman–Crippen LogP) is 4.13. The molecule has 2 N–H and O–H groups in total. The van der Waals surface area contributed by atoms with Gasteiger partial charge in [-0.25, -0.2) is 0 Å². The summed E-state index contributed by atoms with van der Waals surface area (Å²) in [6.45, 7) is 6.37. The lowest BCUT2D eigenvalue weighted by Crippen LogP contribution is -2.36. The molecule has 0 bridgehead atoms. The third kappa shape index (κ3) is 4.76. The SMILES string of the molecule is O=C(NCC1CCNCC1)c1cc2ccc(-c3ccc(N4CCOCC4)cc3)cc2s1. The Morgan fingerprint density at radius 3 is 2.55 bits per heavy atom. The number of morpholine rings is 1. The lowest BCUT2D eigenvalue weighted by Gasteiger charge is -2.28. The molecule has 162 valence electrons. The molecule has 0 aliphatic carbocycles. The predicted molar refractivity (Wildman–Crippen MR) is 128 cm³/mol. The van der Waals surface area contributed by atoms with Crippen LogP contribution in [0.1, 0.15) is 22.5 Å². The summed E-state index contributed by atoms with van der Waals surface area (Å²) in [6.07, 6.45) is 2.28. The summed E-state index contributed by atoms with van der Waals surface area (Å²) in [5.74, 6) is 0.641.